The quantitative estimate of drug-likeness (QED) is 0.260. The van der Waals surface area contributed by atoms with Gasteiger partial charge in [-0.25, -0.2) is 22.2 Å². The minimum atomic E-state index is -4.96. The standard InChI is InChI=1S/C22H16F5N3O4S/c1-12-8-16(15-6-7-28-21(15)30(12)31)17-10-14(29-35(32,33)11-22(25,26)27)3-5-19(17)34-20-4-2-13(23)9-18(20)24/h2-10,29,31H,11H2,1H3. The Labute approximate surface area is 195 Å². The zero-order chi connectivity index (χ0) is 25.5. The molecular weight excluding hydrogens is 497 g/mol. The molecule has 0 spiro atoms. The number of alkyl halides is 3. The molecule has 0 radical (unpaired) electrons. The zero-order valence-electron chi connectivity index (χ0n) is 17.8. The van der Waals surface area contributed by atoms with Gasteiger partial charge in [-0.2, -0.15) is 17.9 Å². The number of sulfonamides is 1. The van der Waals surface area contributed by atoms with Gasteiger partial charge in [0.2, 0.25) is 10.0 Å². The van der Waals surface area contributed by atoms with Gasteiger partial charge in [-0.05, 0) is 55.0 Å². The monoisotopic (exact) mass is 513 g/mol. The van der Waals surface area contributed by atoms with Crippen LogP contribution in [0.1, 0.15) is 5.69 Å². The van der Waals surface area contributed by atoms with E-state index in [9.17, 15) is 35.6 Å². The van der Waals surface area contributed by atoms with Crippen LogP contribution in [0.5, 0.6) is 11.5 Å². The number of anilines is 1. The first-order valence-corrected chi connectivity index (χ1v) is 11.5. The van der Waals surface area contributed by atoms with Crippen molar-refractivity contribution in [2.75, 3.05) is 10.5 Å². The first kappa shape index (κ1) is 24.3. The largest absolute Gasteiger partial charge is 0.454 e. The SMILES string of the molecule is Cc1cc(-c2cc(NS(=O)(=O)CC(F)(F)F)ccc2Oc2ccc(F)cc2F)c2ccnc-2n1O. The molecule has 4 rings (SSSR count). The van der Waals surface area contributed by atoms with E-state index in [0.717, 1.165) is 22.9 Å². The van der Waals surface area contributed by atoms with Crippen LogP contribution in [0.4, 0.5) is 27.6 Å². The molecule has 2 aromatic carbocycles. The minimum Gasteiger partial charge on any atom is -0.454 e. The number of ether oxygens (including phenoxy) is 1. The maximum atomic E-state index is 14.2. The Bertz CT molecular complexity index is 1490. The fourth-order valence-corrected chi connectivity index (χ4v) is 4.43. The highest BCUT2D eigenvalue weighted by molar-refractivity contribution is 7.92. The number of nitrogens with zero attached hydrogens (tertiary/aromatic N) is 2. The Morgan fingerprint density at radius 1 is 1.00 bits per heavy atom. The Morgan fingerprint density at radius 2 is 1.71 bits per heavy atom. The first-order valence-electron chi connectivity index (χ1n) is 9.84. The summed E-state index contributed by atoms with van der Waals surface area (Å²) in [6, 6.07) is 9.23. The fraction of sp³-hybridized carbons (Fsp3) is 0.136. The second-order valence-electron chi connectivity index (χ2n) is 7.56. The van der Waals surface area contributed by atoms with Gasteiger partial charge in [0.1, 0.15) is 11.6 Å². The van der Waals surface area contributed by atoms with Crippen LogP contribution in [0.2, 0.25) is 0 Å². The van der Waals surface area contributed by atoms with E-state index < -0.39 is 33.6 Å². The van der Waals surface area contributed by atoms with Crippen LogP contribution in [0.25, 0.3) is 22.5 Å². The van der Waals surface area contributed by atoms with Crippen LogP contribution in [-0.2, 0) is 10.0 Å². The molecule has 13 heteroatoms. The summed E-state index contributed by atoms with van der Waals surface area (Å²) < 4.78 is 97.8. The van der Waals surface area contributed by atoms with Gasteiger partial charge in [0.05, 0.1) is 5.69 Å². The van der Waals surface area contributed by atoms with Gasteiger partial charge in [0, 0.05) is 29.1 Å². The summed E-state index contributed by atoms with van der Waals surface area (Å²) in [5, 5.41) is 10.2. The highest BCUT2D eigenvalue weighted by Gasteiger charge is 2.35. The normalized spacial score (nSPS) is 12.2. The van der Waals surface area contributed by atoms with Crippen molar-refractivity contribution >= 4 is 15.7 Å². The van der Waals surface area contributed by atoms with Gasteiger partial charge < -0.3 is 9.94 Å². The molecule has 2 aliphatic rings. The lowest BCUT2D eigenvalue weighted by Crippen LogP contribution is -2.27. The van der Waals surface area contributed by atoms with Crippen LogP contribution in [0.15, 0.2) is 54.7 Å². The molecule has 184 valence electrons. The summed E-state index contributed by atoms with van der Waals surface area (Å²) >= 11 is 0. The predicted octanol–water partition coefficient (Wildman–Crippen LogP) is 5.58. The molecule has 0 unspecified atom stereocenters. The molecule has 2 aromatic rings. The number of hydrogen-bond acceptors (Lipinski definition) is 5. The molecule has 2 aliphatic heterocycles. The lowest BCUT2D eigenvalue weighted by atomic mass is 9.98. The molecule has 0 saturated heterocycles. The molecule has 2 N–H and O–H groups in total. The van der Waals surface area contributed by atoms with Gasteiger partial charge in [-0.1, -0.05) is 0 Å². The van der Waals surface area contributed by atoms with E-state index in [0.29, 0.717) is 22.9 Å². The van der Waals surface area contributed by atoms with Crippen LogP contribution < -0.4 is 9.46 Å². The van der Waals surface area contributed by atoms with Crippen molar-refractivity contribution in [3.05, 3.63) is 72.1 Å². The van der Waals surface area contributed by atoms with Crippen LogP contribution in [-0.4, -0.2) is 35.3 Å². The van der Waals surface area contributed by atoms with Crippen LogP contribution in [0.3, 0.4) is 0 Å². The van der Waals surface area contributed by atoms with Crippen LogP contribution in [0, 0.1) is 18.6 Å². The summed E-state index contributed by atoms with van der Waals surface area (Å²) in [7, 11) is -4.79. The van der Waals surface area contributed by atoms with E-state index in [2.05, 4.69) is 4.98 Å². The fourth-order valence-electron chi connectivity index (χ4n) is 3.44. The van der Waals surface area contributed by atoms with Crippen molar-refractivity contribution in [3.63, 3.8) is 0 Å². The molecule has 0 aromatic heterocycles. The van der Waals surface area contributed by atoms with Gasteiger partial charge in [0.25, 0.3) is 0 Å². The lowest BCUT2D eigenvalue weighted by Gasteiger charge is -2.18. The third kappa shape index (κ3) is 5.29. The van der Waals surface area contributed by atoms with E-state index in [1.54, 1.807) is 13.0 Å². The smallest absolute Gasteiger partial charge is 0.404 e. The molecule has 7 nitrogen and oxygen atoms in total. The third-order valence-corrected chi connectivity index (χ3v) is 6.12. The maximum absolute atomic E-state index is 14.2. The summed E-state index contributed by atoms with van der Waals surface area (Å²) in [4.78, 5) is 4.06. The number of pyridine rings is 1. The average molecular weight is 513 g/mol. The number of halogens is 5. The summed E-state index contributed by atoms with van der Waals surface area (Å²) in [6.07, 6.45) is -3.56. The summed E-state index contributed by atoms with van der Waals surface area (Å²) in [5.74, 6) is -4.17. The van der Waals surface area contributed by atoms with Gasteiger partial charge in [-0.15, -0.1) is 0 Å². The van der Waals surface area contributed by atoms with Crippen molar-refractivity contribution < 1.29 is 40.3 Å². The topological polar surface area (TPSA) is 93.5 Å². The number of aromatic nitrogens is 2. The summed E-state index contributed by atoms with van der Waals surface area (Å²) in [5.41, 5.74) is 0.977. The molecule has 35 heavy (non-hydrogen) atoms. The molecule has 0 atom stereocenters. The molecule has 0 amide bonds. The second kappa shape index (κ2) is 8.73. The molecule has 0 saturated carbocycles. The molecule has 0 bridgehead atoms. The molecule has 2 heterocycles. The number of aryl methyl sites for hydroxylation is 1. The number of benzene rings is 2. The Balaban J connectivity index is 1.85. The van der Waals surface area contributed by atoms with E-state index in [4.69, 9.17) is 4.74 Å². The average Bonchev–Trinajstić information content (AvgIpc) is 3.22. The van der Waals surface area contributed by atoms with Crippen molar-refractivity contribution in [1.82, 2.24) is 9.71 Å². The summed E-state index contributed by atoms with van der Waals surface area (Å²) in [6.45, 7) is 1.55. The Morgan fingerprint density at radius 3 is 2.40 bits per heavy atom. The van der Waals surface area contributed by atoms with E-state index in [1.165, 1.54) is 24.4 Å². The maximum Gasteiger partial charge on any atom is 0.404 e. The van der Waals surface area contributed by atoms with Crippen molar-refractivity contribution in [3.8, 4) is 34.0 Å². The Kier molecular flexibility index (Phi) is 6.05. The molecule has 0 aliphatic carbocycles. The van der Waals surface area contributed by atoms with Crippen LogP contribution >= 0.6 is 0 Å². The minimum absolute atomic E-state index is 0.0214. The molecule has 0 fully saturated rings. The van der Waals surface area contributed by atoms with Gasteiger partial charge >= 0.3 is 6.18 Å². The highest BCUT2D eigenvalue weighted by Crippen LogP contribution is 2.42. The number of rotatable bonds is 6. The predicted molar refractivity (Wildman–Crippen MR) is 116 cm³/mol. The van der Waals surface area contributed by atoms with Crippen molar-refractivity contribution in [2.24, 2.45) is 0 Å². The van der Waals surface area contributed by atoms with E-state index in [1.807, 2.05) is 4.72 Å². The van der Waals surface area contributed by atoms with E-state index in [-0.39, 0.29) is 28.6 Å². The van der Waals surface area contributed by atoms with Crippen molar-refractivity contribution in [2.45, 2.75) is 13.1 Å². The zero-order valence-corrected chi connectivity index (χ0v) is 18.6. The third-order valence-electron chi connectivity index (χ3n) is 4.87. The highest BCUT2D eigenvalue weighted by atomic mass is 32.2. The second-order valence-corrected chi connectivity index (χ2v) is 9.28. The Hall–Kier alpha value is -3.87. The van der Waals surface area contributed by atoms with E-state index >= 15 is 0 Å². The lowest BCUT2D eigenvalue weighted by molar-refractivity contribution is -0.106. The number of nitrogens with one attached hydrogen (secondary N) is 1. The first-order chi connectivity index (χ1) is 16.3. The molecular formula is C22H16F5N3O4S. The van der Waals surface area contributed by atoms with Gasteiger partial charge in [-0.3, -0.25) is 4.72 Å². The number of fused-ring (bicyclic) bond motifs is 1. The van der Waals surface area contributed by atoms with Crippen molar-refractivity contribution in [1.29, 1.82) is 0 Å². The number of hydrogen-bond donors (Lipinski definition) is 2. The van der Waals surface area contributed by atoms with Gasteiger partial charge in [0.15, 0.2) is 23.1 Å².